The Balaban J connectivity index is 1.72. The van der Waals surface area contributed by atoms with E-state index in [0.717, 1.165) is 0 Å². The van der Waals surface area contributed by atoms with Crippen molar-refractivity contribution in [1.29, 1.82) is 0 Å². The Morgan fingerprint density at radius 3 is 2.64 bits per heavy atom. The summed E-state index contributed by atoms with van der Waals surface area (Å²) >= 11 is 0. The van der Waals surface area contributed by atoms with E-state index in [1.807, 2.05) is 0 Å². The van der Waals surface area contributed by atoms with Crippen LogP contribution in [0.15, 0.2) is 27.9 Å². The first-order valence-corrected chi connectivity index (χ1v) is 8.36. The average Bonchev–Trinajstić information content (AvgIpc) is 3.02. The van der Waals surface area contributed by atoms with Crippen LogP contribution >= 0.6 is 0 Å². The number of hydrogen-bond donors (Lipinski definition) is 3. The van der Waals surface area contributed by atoms with Gasteiger partial charge in [0.1, 0.15) is 0 Å². The van der Waals surface area contributed by atoms with Gasteiger partial charge in [0, 0.05) is 13.0 Å². The zero-order valence-corrected chi connectivity index (χ0v) is 12.8. The third-order valence-electron chi connectivity index (χ3n) is 3.57. The van der Waals surface area contributed by atoms with Gasteiger partial charge in [0.25, 0.3) is 0 Å². The molecular weight excluding hydrogens is 310 g/mol. The van der Waals surface area contributed by atoms with Crippen molar-refractivity contribution < 1.29 is 17.9 Å². The molecule has 3 rings (SSSR count). The minimum Gasteiger partial charge on any atom is -0.348 e. The molecule has 2 aromatic rings. The van der Waals surface area contributed by atoms with Crippen LogP contribution in [0.25, 0.3) is 11.0 Å². The summed E-state index contributed by atoms with van der Waals surface area (Å²) in [5, 5.41) is 0. The number of sulfonamides is 1. The molecule has 0 amide bonds. The molecule has 1 fully saturated rings. The highest BCUT2D eigenvalue weighted by Crippen LogP contribution is 2.22. The predicted molar refractivity (Wildman–Crippen MR) is 79.0 cm³/mol. The number of H-pyrrole nitrogens is 2. The molecule has 3 N–H and O–H groups in total. The van der Waals surface area contributed by atoms with E-state index in [1.165, 1.54) is 12.1 Å². The number of ether oxygens (including phenoxy) is 2. The number of aromatic nitrogens is 2. The normalized spacial score (nSPS) is 18.0. The van der Waals surface area contributed by atoms with Crippen LogP contribution in [0.1, 0.15) is 13.3 Å². The third-order valence-corrected chi connectivity index (χ3v) is 5.03. The lowest BCUT2D eigenvalue weighted by Crippen LogP contribution is -2.33. The van der Waals surface area contributed by atoms with Crippen LogP contribution in [-0.4, -0.2) is 43.9 Å². The van der Waals surface area contributed by atoms with E-state index in [1.54, 1.807) is 13.0 Å². The van der Waals surface area contributed by atoms with Crippen LogP contribution in [0.3, 0.4) is 0 Å². The van der Waals surface area contributed by atoms with Crippen LogP contribution < -0.4 is 10.4 Å². The Morgan fingerprint density at radius 1 is 1.23 bits per heavy atom. The molecule has 0 saturated carbocycles. The molecule has 8 nitrogen and oxygen atoms in total. The van der Waals surface area contributed by atoms with Crippen molar-refractivity contribution in [3.05, 3.63) is 28.7 Å². The highest BCUT2D eigenvalue weighted by molar-refractivity contribution is 7.89. The maximum absolute atomic E-state index is 12.3. The Bertz CT molecular complexity index is 833. The number of aromatic amines is 2. The summed E-state index contributed by atoms with van der Waals surface area (Å²) in [6.07, 6.45) is 0.412. The Kier molecular flexibility index (Phi) is 3.81. The van der Waals surface area contributed by atoms with Gasteiger partial charge in [-0.3, -0.25) is 0 Å². The highest BCUT2D eigenvalue weighted by Gasteiger charge is 2.30. The average molecular weight is 327 g/mol. The summed E-state index contributed by atoms with van der Waals surface area (Å²) in [6.45, 7) is 3.01. The second-order valence-electron chi connectivity index (χ2n) is 5.27. The molecule has 9 heteroatoms. The molecule has 1 aliphatic rings. The largest absolute Gasteiger partial charge is 0.348 e. The molecule has 0 spiro atoms. The van der Waals surface area contributed by atoms with E-state index in [9.17, 15) is 13.2 Å². The summed E-state index contributed by atoms with van der Waals surface area (Å²) in [4.78, 5) is 16.4. The van der Waals surface area contributed by atoms with Crippen molar-refractivity contribution in [2.75, 3.05) is 19.8 Å². The van der Waals surface area contributed by atoms with Gasteiger partial charge in [0.05, 0.1) is 29.1 Å². The van der Waals surface area contributed by atoms with Crippen molar-refractivity contribution in [2.45, 2.75) is 24.0 Å². The fourth-order valence-electron chi connectivity index (χ4n) is 2.38. The first-order valence-electron chi connectivity index (χ1n) is 6.88. The minimum atomic E-state index is -3.66. The molecular formula is C13H17N3O5S. The molecule has 22 heavy (non-hydrogen) atoms. The Morgan fingerprint density at radius 2 is 1.91 bits per heavy atom. The SMILES string of the molecule is CC1(CCNS(=O)(=O)c2ccc3[nH]c(=O)[nH]c3c2)OCCO1. The molecule has 0 atom stereocenters. The molecule has 2 heterocycles. The summed E-state index contributed by atoms with van der Waals surface area (Å²) in [7, 11) is -3.66. The zero-order valence-electron chi connectivity index (χ0n) is 12.0. The summed E-state index contributed by atoms with van der Waals surface area (Å²) in [5.41, 5.74) is 0.632. The topological polar surface area (TPSA) is 113 Å². The van der Waals surface area contributed by atoms with E-state index < -0.39 is 15.8 Å². The van der Waals surface area contributed by atoms with Gasteiger partial charge in [-0.2, -0.15) is 0 Å². The van der Waals surface area contributed by atoms with E-state index >= 15 is 0 Å². The summed E-state index contributed by atoms with van der Waals surface area (Å²) in [6, 6.07) is 4.41. The molecule has 0 radical (unpaired) electrons. The van der Waals surface area contributed by atoms with Crippen molar-refractivity contribution in [1.82, 2.24) is 14.7 Å². The molecule has 1 saturated heterocycles. The predicted octanol–water partition coefficient (Wildman–Crippen LogP) is 0.288. The fourth-order valence-corrected chi connectivity index (χ4v) is 3.43. The van der Waals surface area contributed by atoms with Gasteiger partial charge < -0.3 is 19.4 Å². The molecule has 1 aromatic heterocycles. The Hall–Kier alpha value is -1.68. The first-order chi connectivity index (χ1) is 10.4. The molecule has 0 bridgehead atoms. The van der Waals surface area contributed by atoms with Gasteiger partial charge in [-0.15, -0.1) is 0 Å². The lowest BCUT2D eigenvalue weighted by Gasteiger charge is -2.22. The number of imidazole rings is 1. The fraction of sp³-hybridized carbons (Fsp3) is 0.462. The highest BCUT2D eigenvalue weighted by atomic mass is 32.2. The second kappa shape index (κ2) is 5.51. The summed E-state index contributed by atoms with van der Waals surface area (Å²) in [5.74, 6) is -0.738. The van der Waals surface area contributed by atoms with Crippen LogP contribution in [0.4, 0.5) is 0 Å². The molecule has 1 aliphatic heterocycles. The van der Waals surface area contributed by atoms with Gasteiger partial charge in [-0.1, -0.05) is 0 Å². The standard InChI is InChI=1S/C13H17N3O5S/c1-13(20-6-7-21-13)4-5-14-22(18,19)9-2-3-10-11(8-9)16-12(17)15-10/h2-3,8,14H,4-7H2,1H3,(H2,15,16,17). The molecule has 0 aliphatic carbocycles. The third kappa shape index (κ3) is 3.07. The number of rotatable bonds is 5. The monoisotopic (exact) mass is 327 g/mol. The van der Waals surface area contributed by atoms with E-state index in [4.69, 9.17) is 9.47 Å². The molecule has 1 aromatic carbocycles. The van der Waals surface area contributed by atoms with Crippen molar-refractivity contribution in [2.24, 2.45) is 0 Å². The maximum atomic E-state index is 12.3. The van der Waals surface area contributed by atoms with Crippen molar-refractivity contribution in [3.8, 4) is 0 Å². The smallest absolute Gasteiger partial charge is 0.323 e. The molecule has 0 unspecified atom stereocenters. The second-order valence-corrected chi connectivity index (χ2v) is 7.03. The van der Waals surface area contributed by atoms with Crippen molar-refractivity contribution >= 4 is 21.1 Å². The van der Waals surface area contributed by atoms with Crippen LogP contribution in [-0.2, 0) is 19.5 Å². The van der Waals surface area contributed by atoms with E-state index in [0.29, 0.717) is 30.7 Å². The van der Waals surface area contributed by atoms with Gasteiger partial charge in [-0.25, -0.2) is 17.9 Å². The zero-order chi connectivity index (χ0) is 15.8. The van der Waals surface area contributed by atoms with Crippen LogP contribution in [0.5, 0.6) is 0 Å². The number of benzene rings is 1. The first kappa shape index (κ1) is 15.2. The van der Waals surface area contributed by atoms with E-state index in [2.05, 4.69) is 14.7 Å². The van der Waals surface area contributed by atoms with Crippen LogP contribution in [0.2, 0.25) is 0 Å². The summed E-state index contributed by atoms with van der Waals surface area (Å²) < 4.78 is 37.9. The van der Waals surface area contributed by atoms with Crippen LogP contribution in [0, 0.1) is 0 Å². The Labute approximate surface area is 126 Å². The van der Waals surface area contributed by atoms with Gasteiger partial charge in [0.2, 0.25) is 10.0 Å². The van der Waals surface area contributed by atoms with E-state index in [-0.39, 0.29) is 17.1 Å². The van der Waals surface area contributed by atoms with Gasteiger partial charge in [0.15, 0.2) is 5.79 Å². The number of fused-ring (bicyclic) bond motifs is 1. The lowest BCUT2D eigenvalue weighted by molar-refractivity contribution is -0.145. The van der Waals surface area contributed by atoms with Gasteiger partial charge in [-0.05, 0) is 25.1 Å². The quantitative estimate of drug-likeness (QED) is 0.730. The molecule has 120 valence electrons. The number of nitrogens with one attached hydrogen (secondary N) is 3. The maximum Gasteiger partial charge on any atom is 0.323 e. The van der Waals surface area contributed by atoms with Gasteiger partial charge >= 0.3 is 5.69 Å². The minimum absolute atomic E-state index is 0.0914. The number of hydrogen-bond acceptors (Lipinski definition) is 5. The lowest BCUT2D eigenvalue weighted by atomic mass is 10.2. The van der Waals surface area contributed by atoms with Crippen molar-refractivity contribution in [3.63, 3.8) is 0 Å².